The number of nitrogens with one attached hydrogen (secondary N) is 1. The van der Waals surface area contributed by atoms with Crippen LogP contribution in [0.1, 0.15) is 11.3 Å². The molecule has 10 heteroatoms. The summed E-state index contributed by atoms with van der Waals surface area (Å²) in [6.45, 7) is 1.38. The van der Waals surface area contributed by atoms with Crippen molar-refractivity contribution in [2.75, 3.05) is 0 Å². The van der Waals surface area contributed by atoms with E-state index >= 15 is 0 Å². The highest BCUT2D eigenvalue weighted by Crippen LogP contribution is 2.30. The maximum Gasteiger partial charge on any atom is 0.433 e. The lowest BCUT2D eigenvalue weighted by atomic mass is 10.1. The summed E-state index contributed by atoms with van der Waals surface area (Å²) in [7, 11) is 0. The Kier molecular flexibility index (Phi) is 4.18. The average Bonchev–Trinajstić information content (AvgIpc) is 2.57. The summed E-state index contributed by atoms with van der Waals surface area (Å²) in [5.74, 6) is -1.13. The van der Waals surface area contributed by atoms with Gasteiger partial charge >= 0.3 is 11.9 Å². The zero-order valence-corrected chi connectivity index (χ0v) is 13.1. The third-order valence-corrected chi connectivity index (χ3v) is 3.48. The van der Waals surface area contributed by atoms with Gasteiger partial charge in [-0.05, 0) is 37.3 Å². The SMILES string of the molecule is Cc1cn(-c2nc(-c3ccc(F)cc3)cc(C(F)(F)F)n2)c(=O)[nH]c1=O. The van der Waals surface area contributed by atoms with Gasteiger partial charge in [-0.15, -0.1) is 0 Å². The topological polar surface area (TPSA) is 80.6 Å². The molecule has 134 valence electrons. The Morgan fingerprint density at radius 3 is 2.35 bits per heavy atom. The lowest BCUT2D eigenvalue weighted by Crippen LogP contribution is -2.31. The minimum absolute atomic E-state index is 0.0916. The molecular weight excluding hydrogens is 356 g/mol. The van der Waals surface area contributed by atoms with Crippen LogP contribution in [0.4, 0.5) is 17.6 Å². The molecule has 0 atom stereocenters. The van der Waals surface area contributed by atoms with Crippen molar-refractivity contribution in [2.24, 2.45) is 0 Å². The van der Waals surface area contributed by atoms with Crippen LogP contribution in [-0.4, -0.2) is 19.5 Å². The van der Waals surface area contributed by atoms with Crippen molar-refractivity contribution in [3.63, 3.8) is 0 Å². The number of aromatic nitrogens is 4. The molecule has 26 heavy (non-hydrogen) atoms. The van der Waals surface area contributed by atoms with E-state index in [9.17, 15) is 27.2 Å². The Morgan fingerprint density at radius 1 is 1.08 bits per heavy atom. The van der Waals surface area contributed by atoms with E-state index in [1.807, 2.05) is 4.98 Å². The summed E-state index contributed by atoms with van der Waals surface area (Å²) >= 11 is 0. The predicted octanol–water partition coefficient (Wildman–Crippen LogP) is 2.45. The zero-order valence-electron chi connectivity index (χ0n) is 13.1. The number of benzene rings is 1. The van der Waals surface area contributed by atoms with E-state index in [4.69, 9.17) is 0 Å². The number of alkyl halides is 3. The number of halogens is 4. The molecule has 0 fully saturated rings. The van der Waals surface area contributed by atoms with Gasteiger partial charge in [0.05, 0.1) is 5.69 Å². The summed E-state index contributed by atoms with van der Waals surface area (Å²) in [5, 5.41) is 0. The van der Waals surface area contributed by atoms with Gasteiger partial charge in [-0.3, -0.25) is 9.78 Å². The first-order chi connectivity index (χ1) is 12.1. The van der Waals surface area contributed by atoms with Crippen molar-refractivity contribution in [2.45, 2.75) is 13.1 Å². The van der Waals surface area contributed by atoms with E-state index < -0.39 is 34.9 Å². The number of hydrogen-bond acceptors (Lipinski definition) is 4. The Morgan fingerprint density at radius 2 is 1.73 bits per heavy atom. The maximum absolute atomic E-state index is 13.2. The molecule has 0 aliphatic rings. The second kappa shape index (κ2) is 6.21. The fourth-order valence-corrected chi connectivity index (χ4v) is 2.17. The first-order valence-electron chi connectivity index (χ1n) is 7.20. The Bertz CT molecular complexity index is 1090. The number of rotatable bonds is 2. The van der Waals surface area contributed by atoms with E-state index in [2.05, 4.69) is 9.97 Å². The fraction of sp³-hybridized carbons (Fsp3) is 0.125. The summed E-state index contributed by atoms with van der Waals surface area (Å²) in [6.07, 6.45) is -3.75. The minimum atomic E-state index is -4.80. The number of aryl methyl sites for hydroxylation is 1. The van der Waals surface area contributed by atoms with Crippen LogP contribution in [0.25, 0.3) is 17.2 Å². The summed E-state index contributed by atoms with van der Waals surface area (Å²) < 4.78 is 53.3. The van der Waals surface area contributed by atoms with Crippen LogP contribution in [0, 0.1) is 12.7 Å². The van der Waals surface area contributed by atoms with Crippen LogP contribution in [0.5, 0.6) is 0 Å². The molecule has 0 spiro atoms. The second-order valence-corrected chi connectivity index (χ2v) is 5.38. The Hall–Kier alpha value is -3.30. The van der Waals surface area contributed by atoms with Crippen LogP contribution in [0.15, 0.2) is 46.1 Å². The van der Waals surface area contributed by atoms with E-state index in [1.165, 1.54) is 19.1 Å². The quantitative estimate of drug-likeness (QED) is 0.707. The molecule has 2 heterocycles. The van der Waals surface area contributed by atoms with E-state index in [0.29, 0.717) is 10.6 Å². The number of aromatic amines is 1. The molecule has 0 saturated carbocycles. The van der Waals surface area contributed by atoms with Gasteiger partial charge < -0.3 is 0 Å². The van der Waals surface area contributed by atoms with Gasteiger partial charge in [0.15, 0.2) is 5.69 Å². The molecular formula is C16H10F4N4O2. The molecule has 2 aromatic heterocycles. The predicted molar refractivity (Wildman–Crippen MR) is 83.4 cm³/mol. The largest absolute Gasteiger partial charge is 0.433 e. The van der Waals surface area contributed by atoms with Gasteiger partial charge in [0.25, 0.3) is 5.56 Å². The van der Waals surface area contributed by atoms with Crippen LogP contribution < -0.4 is 11.2 Å². The Labute approximate surface area is 142 Å². The first kappa shape index (κ1) is 17.5. The standard InChI is InChI=1S/C16H10F4N4O2/c1-8-7-24(15(26)23-13(8)25)14-21-11(6-12(22-14)16(18,19)20)9-2-4-10(17)5-3-9/h2-7H,1H3,(H,23,25,26). The minimum Gasteiger partial charge on any atom is -0.273 e. The molecule has 0 aliphatic heterocycles. The van der Waals surface area contributed by atoms with Gasteiger partial charge in [0.1, 0.15) is 5.82 Å². The highest BCUT2D eigenvalue weighted by molar-refractivity contribution is 5.60. The summed E-state index contributed by atoms with van der Waals surface area (Å²) in [4.78, 5) is 32.7. The van der Waals surface area contributed by atoms with Gasteiger partial charge in [0.2, 0.25) is 5.95 Å². The van der Waals surface area contributed by atoms with Gasteiger partial charge in [-0.25, -0.2) is 23.7 Å². The molecule has 0 unspecified atom stereocenters. The molecule has 1 aromatic carbocycles. The number of hydrogen-bond donors (Lipinski definition) is 1. The smallest absolute Gasteiger partial charge is 0.273 e. The van der Waals surface area contributed by atoms with Crippen molar-refractivity contribution in [3.8, 4) is 17.2 Å². The molecule has 0 aliphatic carbocycles. The van der Waals surface area contributed by atoms with Crippen molar-refractivity contribution in [1.82, 2.24) is 19.5 Å². The van der Waals surface area contributed by atoms with E-state index in [1.54, 1.807) is 0 Å². The molecule has 0 bridgehead atoms. The van der Waals surface area contributed by atoms with E-state index in [-0.39, 0.29) is 16.8 Å². The monoisotopic (exact) mass is 366 g/mol. The normalized spacial score (nSPS) is 11.6. The molecule has 0 radical (unpaired) electrons. The second-order valence-electron chi connectivity index (χ2n) is 5.38. The van der Waals surface area contributed by atoms with Gasteiger partial charge in [0, 0.05) is 17.3 Å². The summed E-state index contributed by atoms with van der Waals surface area (Å²) in [5.41, 5.74) is -2.79. The molecule has 1 N–H and O–H groups in total. The van der Waals surface area contributed by atoms with Gasteiger partial charge in [-0.2, -0.15) is 13.2 Å². The lowest BCUT2D eigenvalue weighted by Gasteiger charge is -2.12. The van der Waals surface area contributed by atoms with Crippen LogP contribution >= 0.6 is 0 Å². The molecule has 3 aromatic rings. The van der Waals surface area contributed by atoms with Crippen molar-refractivity contribution in [3.05, 3.63) is 74.4 Å². The Balaban J connectivity index is 2.28. The van der Waals surface area contributed by atoms with Crippen molar-refractivity contribution in [1.29, 1.82) is 0 Å². The number of nitrogens with zero attached hydrogens (tertiary/aromatic N) is 3. The van der Waals surface area contributed by atoms with Crippen LogP contribution in [-0.2, 0) is 6.18 Å². The lowest BCUT2D eigenvalue weighted by molar-refractivity contribution is -0.141. The molecule has 0 amide bonds. The van der Waals surface area contributed by atoms with E-state index in [0.717, 1.165) is 18.3 Å². The zero-order chi connectivity index (χ0) is 19.1. The summed E-state index contributed by atoms with van der Waals surface area (Å²) in [6, 6.07) is 5.34. The first-order valence-corrected chi connectivity index (χ1v) is 7.20. The van der Waals surface area contributed by atoms with Crippen LogP contribution in [0.3, 0.4) is 0 Å². The molecule has 3 rings (SSSR count). The highest BCUT2D eigenvalue weighted by Gasteiger charge is 2.34. The maximum atomic E-state index is 13.2. The average molecular weight is 366 g/mol. The molecule has 6 nitrogen and oxygen atoms in total. The van der Waals surface area contributed by atoms with Gasteiger partial charge in [-0.1, -0.05) is 0 Å². The third kappa shape index (κ3) is 3.39. The van der Waals surface area contributed by atoms with Crippen LogP contribution in [0.2, 0.25) is 0 Å². The van der Waals surface area contributed by atoms with Crippen molar-refractivity contribution >= 4 is 0 Å². The number of H-pyrrole nitrogens is 1. The molecule has 0 saturated heterocycles. The highest BCUT2D eigenvalue weighted by atomic mass is 19.4. The third-order valence-electron chi connectivity index (χ3n) is 3.48. The fourth-order valence-electron chi connectivity index (χ4n) is 2.17. The van der Waals surface area contributed by atoms with Crippen molar-refractivity contribution < 1.29 is 17.6 Å².